The molecule has 0 unspecified atom stereocenters. The summed E-state index contributed by atoms with van der Waals surface area (Å²) < 4.78 is 0.711. The van der Waals surface area contributed by atoms with Gasteiger partial charge in [-0.15, -0.1) is 0 Å². The van der Waals surface area contributed by atoms with Crippen LogP contribution in [0, 0.1) is 0 Å². The van der Waals surface area contributed by atoms with Gasteiger partial charge in [-0.25, -0.2) is 0 Å². The Morgan fingerprint density at radius 3 is 2.72 bits per heavy atom. The molecule has 1 aromatic rings. The second-order valence-corrected chi connectivity index (χ2v) is 5.86. The number of rotatable bonds is 5. The van der Waals surface area contributed by atoms with Crippen LogP contribution in [0.1, 0.15) is 19.3 Å². The molecule has 1 aliphatic carbocycles. The first-order valence-corrected chi connectivity index (χ1v) is 7.29. The zero-order valence-electron chi connectivity index (χ0n) is 9.60. The van der Waals surface area contributed by atoms with Crippen molar-refractivity contribution in [2.75, 3.05) is 11.9 Å². The molecule has 0 heterocycles. The summed E-state index contributed by atoms with van der Waals surface area (Å²) in [5, 5.41) is 6.80. The Morgan fingerprint density at radius 2 is 2.06 bits per heavy atom. The molecule has 1 amide bonds. The molecular weight excluding hydrogens is 339 g/mol. The fourth-order valence-electron chi connectivity index (χ4n) is 1.51. The number of hydrogen-bond acceptors (Lipinski definition) is 2. The zero-order valence-corrected chi connectivity index (χ0v) is 12.7. The van der Waals surface area contributed by atoms with Crippen molar-refractivity contribution in [2.24, 2.45) is 0 Å². The third kappa shape index (κ3) is 3.85. The van der Waals surface area contributed by atoms with Crippen LogP contribution in [0.15, 0.2) is 16.6 Å². The molecule has 1 aliphatic rings. The molecule has 0 spiro atoms. The molecule has 0 aromatic heterocycles. The maximum atomic E-state index is 11.7. The highest BCUT2D eigenvalue weighted by Gasteiger charge is 2.20. The normalized spacial score (nSPS) is 14.6. The number of benzene rings is 1. The number of carbonyl (C=O) groups excluding carboxylic acids is 1. The van der Waals surface area contributed by atoms with E-state index in [1.54, 1.807) is 12.1 Å². The lowest BCUT2D eigenvalue weighted by Gasteiger charge is -2.09. The van der Waals surface area contributed by atoms with Crippen LogP contribution in [0.4, 0.5) is 5.69 Å². The summed E-state index contributed by atoms with van der Waals surface area (Å²) in [5.74, 6) is -0.0663. The van der Waals surface area contributed by atoms with Crippen molar-refractivity contribution in [3.05, 3.63) is 26.7 Å². The van der Waals surface area contributed by atoms with Gasteiger partial charge < -0.3 is 10.6 Å². The highest BCUT2D eigenvalue weighted by Crippen LogP contribution is 2.35. The van der Waals surface area contributed by atoms with E-state index >= 15 is 0 Å². The quantitative estimate of drug-likeness (QED) is 0.791. The topological polar surface area (TPSA) is 41.1 Å². The molecule has 0 bridgehead atoms. The molecular formula is C12H13BrCl2N2O. The summed E-state index contributed by atoms with van der Waals surface area (Å²) in [7, 11) is 0. The van der Waals surface area contributed by atoms with E-state index in [1.807, 2.05) is 0 Å². The van der Waals surface area contributed by atoms with Gasteiger partial charge in [-0.1, -0.05) is 23.2 Å². The van der Waals surface area contributed by atoms with Crippen molar-refractivity contribution < 1.29 is 4.79 Å². The van der Waals surface area contributed by atoms with Gasteiger partial charge in [-0.3, -0.25) is 4.79 Å². The lowest BCUT2D eigenvalue weighted by molar-refractivity contribution is -0.116. The van der Waals surface area contributed by atoms with Crippen LogP contribution in [0.5, 0.6) is 0 Å². The molecule has 6 heteroatoms. The summed E-state index contributed by atoms with van der Waals surface area (Å²) in [6, 6.07) is 4.10. The van der Waals surface area contributed by atoms with Gasteiger partial charge in [0.2, 0.25) is 5.91 Å². The molecule has 0 aliphatic heterocycles. The first-order chi connectivity index (χ1) is 8.58. The number of halogens is 3. The van der Waals surface area contributed by atoms with Crippen LogP contribution in [-0.4, -0.2) is 18.5 Å². The maximum absolute atomic E-state index is 11.7. The van der Waals surface area contributed by atoms with Crippen LogP contribution in [0.25, 0.3) is 0 Å². The molecule has 1 saturated carbocycles. The Hall–Kier alpha value is -0.290. The molecule has 1 aromatic carbocycles. The first-order valence-electron chi connectivity index (χ1n) is 5.74. The van der Waals surface area contributed by atoms with Gasteiger partial charge in [0.1, 0.15) is 0 Å². The minimum atomic E-state index is -0.0663. The highest BCUT2D eigenvalue weighted by molar-refractivity contribution is 9.10. The third-order valence-electron chi connectivity index (χ3n) is 2.67. The van der Waals surface area contributed by atoms with Crippen LogP contribution < -0.4 is 10.6 Å². The van der Waals surface area contributed by atoms with E-state index in [0.717, 1.165) is 0 Å². The van der Waals surface area contributed by atoms with Crippen molar-refractivity contribution in [1.82, 2.24) is 5.32 Å². The van der Waals surface area contributed by atoms with Gasteiger partial charge in [0.25, 0.3) is 0 Å². The van der Waals surface area contributed by atoms with E-state index in [4.69, 9.17) is 23.2 Å². The highest BCUT2D eigenvalue weighted by atomic mass is 79.9. The number of anilines is 1. The average Bonchev–Trinajstić information content (AvgIpc) is 3.14. The smallest absolute Gasteiger partial charge is 0.225 e. The van der Waals surface area contributed by atoms with Crippen molar-refractivity contribution in [3.63, 3.8) is 0 Å². The van der Waals surface area contributed by atoms with Gasteiger partial charge in [0, 0.05) is 23.5 Å². The van der Waals surface area contributed by atoms with Crippen molar-refractivity contribution in [1.29, 1.82) is 0 Å². The fourth-order valence-corrected chi connectivity index (χ4v) is 2.33. The summed E-state index contributed by atoms with van der Waals surface area (Å²) in [5.41, 5.74) is 0.543. The van der Waals surface area contributed by atoms with Gasteiger partial charge >= 0.3 is 0 Å². The number of carbonyl (C=O) groups is 1. The minimum Gasteiger partial charge on any atom is -0.325 e. The Morgan fingerprint density at radius 1 is 1.33 bits per heavy atom. The molecule has 18 heavy (non-hydrogen) atoms. The Labute approximate surface area is 124 Å². The van der Waals surface area contributed by atoms with Crippen LogP contribution >= 0.6 is 39.1 Å². The van der Waals surface area contributed by atoms with Gasteiger partial charge in [0.15, 0.2) is 0 Å². The molecule has 0 atom stereocenters. The van der Waals surface area contributed by atoms with E-state index in [9.17, 15) is 4.79 Å². The maximum Gasteiger partial charge on any atom is 0.225 e. The molecule has 2 rings (SSSR count). The third-order valence-corrected chi connectivity index (χ3v) is 4.44. The monoisotopic (exact) mass is 350 g/mol. The molecule has 3 nitrogen and oxygen atoms in total. The molecule has 98 valence electrons. The van der Waals surface area contributed by atoms with Crippen LogP contribution in [0.3, 0.4) is 0 Å². The Bertz CT molecular complexity index is 464. The fraction of sp³-hybridized carbons (Fsp3) is 0.417. The van der Waals surface area contributed by atoms with Gasteiger partial charge in [-0.2, -0.15) is 0 Å². The number of nitrogens with one attached hydrogen (secondary N) is 2. The Kier molecular flexibility index (Phi) is 4.90. The molecule has 0 radical (unpaired) electrons. The van der Waals surface area contributed by atoms with E-state index in [-0.39, 0.29) is 5.91 Å². The molecule has 1 fully saturated rings. The van der Waals surface area contributed by atoms with E-state index in [2.05, 4.69) is 26.6 Å². The van der Waals surface area contributed by atoms with Gasteiger partial charge in [0.05, 0.1) is 15.7 Å². The first kappa shape index (κ1) is 14.1. The summed E-state index contributed by atoms with van der Waals surface area (Å²) in [6.07, 6.45) is 2.87. The van der Waals surface area contributed by atoms with Gasteiger partial charge in [-0.05, 0) is 40.9 Å². The number of hydrogen-bond donors (Lipinski definition) is 2. The summed E-state index contributed by atoms with van der Waals surface area (Å²) >= 11 is 15.3. The minimum absolute atomic E-state index is 0.0663. The summed E-state index contributed by atoms with van der Waals surface area (Å²) in [4.78, 5) is 11.7. The predicted octanol–water partition coefficient (Wildman–Crippen LogP) is 3.84. The number of amides is 1. The van der Waals surface area contributed by atoms with E-state index in [0.29, 0.717) is 39.2 Å². The average molecular weight is 352 g/mol. The van der Waals surface area contributed by atoms with Crippen molar-refractivity contribution in [3.8, 4) is 0 Å². The molecule has 2 N–H and O–H groups in total. The van der Waals surface area contributed by atoms with E-state index in [1.165, 1.54) is 12.8 Å². The van der Waals surface area contributed by atoms with Crippen LogP contribution in [0.2, 0.25) is 10.0 Å². The van der Waals surface area contributed by atoms with Crippen molar-refractivity contribution >= 4 is 50.7 Å². The SMILES string of the molecule is O=C(CCNC1CC1)Nc1ccc(Br)c(Cl)c1Cl. The largest absolute Gasteiger partial charge is 0.325 e. The van der Waals surface area contributed by atoms with E-state index < -0.39 is 0 Å². The van der Waals surface area contributed by atoms with Crippen molar-refractivity contribution in [2.45, 2.75) is 25.3 Å². The second kappa shape index (κ2) is 6.24. The standard InChI is InChI=1S/C12H13BrCl2N2O/c13-8-3-4-9(12(15)11(8)14)17-10(18)5-6-16-7-1-2-7/h3-4,7,16H,1-2,5-6H2,(H,17,18). The molecule has 0 saturated heterocycles. The summed E-state index contributed by atoms with van der Waals surface area (Å²) in [6.45, 7) is 0.693. The lowest BCUT2D eigenvalue weighted by atomic mass is 10.3. The second-order valence-electron chi connectivity index (χ2n) is 4.25. The lowest BCUT2D eigenvalue weighted by Crippen LogP contribution is -2.23. The van der Waals surface area contributed by atoms with Crippen LogP contribution in [-0.2, 0) is 4.79 Å². The predicted molar refractivity (Wildman–Crippen MR) is 78.4 cm³/mol. The Balaban J connectivity index is 1.87. The zero-order chi connectivity index (χ0) is 13.1.